The van der Waals surface area contributed by atoms with E-state index in [-0.39, 0.29) is 29.4 Å². The van der Waals surface area contributed by atoms with Gasteiger partial charge in [-0.15, -0.1) is 0 Å². The largest absolute Gasteiger partial charge is 0.338 e. The van der Waals surface area contributed by atoms with E-state index in [1.165, 1.54) is 0 Å². The number of urea groups is 1. The Morgan fingerprint density at radius 1 is 1.43 bits per heavy atom. The van der Waals surface area contributed by atoms with Gasteiger partial charge in [0.25, 0.3) is 0 Å². The monoisotopic (exact) mass is 342 g/mol. The van der Waals surface area contributed by atoms with E-state index in [1.807, 2.05) is 24.6 Å². The van der Waals surface area contributed by atoms with Crippen molar-refractivity contribution in [2.24, 2.45) is 11.8 Å². The van der Waals surface area contributed by atoms with Crippen molar-refractivity contribution in [2.45, 2.75) is 33.7 Å². The zero-order valence-corrected chi connectivity index (χ0v) is 14.8. The molecule has 0 saturated carbocycles. The Kier molecular flexibility index (Phi) is 5.67. The Hall–Kier alpha value is -1.57. The molecule has 0 aliphatic carbocycles. The predicted octanol–water partition coefficient (Wildman–Crippen LogP) is 0.870. The number of hydrogen-bond donors (Lipinski definition) is 2. The second-order valence-electron chi connectivity index (χ2n) is 6.57. The maximum Gasteiger partial charge on any atom is 0.314 e. The van der Waals surface area contributed by atoms with Crippen LogP contribution in [0.15, 0.2) is 6.07 Å². The van der Waals surface area contributed by atoms with E-state index >= 15 is 0 Å². The second kappa shape index (κ2) is 7.33. The van der Waals surface area contributed by atoms with Crippen LogP contribution in [-0.4, -0.2) is 48.8 Å². The first kappa shape index (κ1) is 17.8. The van der Waals surface area contributed by atoms with Gasteiger partial charge in [0.15, 0.2) is 9.84 Å². The van der Waals surface area contributed by atoms with Crippen LogP contribution < -0.4 is 10.6 Å². The summed E-state index contributed by atoms with van der Waals surface area (Å²) in [6.45, 7) is 7.75. The summed E-state index contributed by atoms with van der Waals surface area (Å²) in [5, 5.41) is 10.0. The van der Waals surface area contributed by atoms with Crippen LogP contribution in [0.25, 0.3) is 0 Å². The third-order valence-corrected chi connectivity index (χ3v) is 5.91. The summed E-state index contributed by atoms with van der Waals surface area (Å²) < 4.78 is 24.7. The molecule has 1 saturated heterocycles. The molecule has 0 spiro atoms. The summed E-state index contributed by atoms with van der Waals surface area (Å²) in [7, 11) is -2.89. The van der Waals surface area contributed by atoms with Crippen molar-refractivity contribution >= 4 is 15.9 Å². The fourth-order valence-electron chi connectivity index (χ4n) is 2.82. The van der Waals surface area contributed by atoms with Crippen LogP contribution >= 0.6 is 0 Å². The average Bonchev–Trinajstić information content (AvgIpc) is 2.96. The number of aryl methyl sites for hydroxylation is 2. The molecule has 1 aliphatic heterocycles. The Morgan fingerprint density at radius 2 is 2.17 bits per heavy atom. The van der Waals surface area contributed by atoms with E-state index < -0.39 is 9.84 Å². The number of aromatic nitrogens is 2. The van der Waals surface area contributed by atoms with Crippen LogP contribution in [0.3, 0.4) is 0 Å². The third kappa shape index (κ3) is 5.53. The molecule has 0 unspecified atom stereocenters. The van der Waals surface area contributed by atoms with E-state index in [0.717, 1.165) is 17.9 Å². The minimum Gasteiger partial charge on any atom is -0.338 e. The summed E-state index contributed by atoms with van der Waals surface area (Å²) in [5.74, 6) is 0.714. The van der Waals surface area contributed by atoms with Gasteiger partial charge in [0.1, 0.15) is 0 Å². The van der Waals surface area contributed by atoms with Crippen LogP contribution in [0.1, 0.15) is 24.7 Å². The number of nitrogens with zero attached hydrogens (tertiary/aromatic N) is 2. The van der Waals surface area contributed by atoms with E-state index in [0.29, 0.717) is 19.5 Å². The minimum atomic E-state index is -2.89. The molecule has 8 heteroatoms. The molecule has 7 nitrogen and oxygen atoms in total. The highest BCUT2D eigenvalue weighted by Gasteiger charge is 2.27. The molecule has 1 aromatic heterocycles. The molecule has 1 aromatic rings. The van der Waals surface area contributed by atoms with E-state index in [2.05, 4.69) is 22.7 Å². The molecule has 2 atom stereocenters. The lowest BCUT2D eigenvalue weighted by Crippen LogP contribution is -2.40. The van der Waals surface area contributed by atoms with Crippen molar-refractivity contribution in [3.63, 3.8) is 0 Å². The normalized spacial score (nSPS) is 21.1. The van der Waals surface area contributed by atoms with Gasteiger partial charge in [-0.3, -0.25) is 4.68 Å². The van der Waals surface area contributed by atoms with E-state index in [4.69, 9.17) is 0 Å². The molecule has 23 heavy (non-hydrogen) atoms. The van der Waals surface area contributed by atoms with Crippen molar-refractivity contribution in [1.29, 1.82) is 0 Å². The molecule has 2 N–H and O–H groups in total. The molecule has 0 bridgehead atoms. The second-order valence-corrected chi connectivity index (χ2v) is 8.80. The summed E-state index contributed by atoms with van der Waals surface area (Å²) in [6.07, 6.45) is 0.636. The summed E-state index contributed by atoms with van der Waals surface area (Å²) in [4.78, 5) is 11.8. The first-order valence-corrected chi connectivity index (χ1v) is 9.80. The highest BCUT2D eigenvalue weighted by Crippen LogP contribution is 2.17. The Labute approximate surface area is 137 Å². The molecule has 2 rings (SSSR count). The first-order chi connectivity index (χ1) is 10.7. The standard InChI is InChI=1S/C15H26N4O3S/c1-11(9-19-13(3)6-12(2)18-19)7-16-15(20)17-8-14-4-5-23(21,22)10-14/h6,11,14H,4-5,7-10H2,1-3H3,(H2,16,17,20)/t11-,14+/m1/s1. The third-order valence-electron chi connectivity index (χ3n) is 4.08. The molecular weight excluding hydrogens is 316 g/mol. The lowest BCUT2D eigenvalue weighted by atomic mass is 10.1. The zero-order valence-electron chi connectivity index (χ0n) is 14.0. The van der Waals surface area contributed by atoms with Gasteiger partial charge in [0.2, 0.25) is 0 Å². The van der Waals surface area contributed by atoms with Gasteiger partial charge in [0.05, 0.1) is 17.2 Å². The fourth-order valence-corrected chi connectivity index (χ4v) is 4.68. The van der Waals surface area contributed by atoms with Crippen LogP contribution in [0.2, 0.25) is 0 Å². The Morgan fingerprint density at radius 3 is 2.74 bits per heavy atom. The molecule has 0 aromatic carbocycles. The lowest BCUT2D eigenvalue weighted by molar-refractivity contribution is 0.237. The SMILES string of the molecule is Cc1cc(C)n(C[C@H](C)CNC(=O)NC[C@@H]2CCS(=O)(=O)C2)n1. The molecular formula is C15H26N4O3S. The Balaban J connectivity index is 1.67. The zero-order chi connectivity index (χ0) is 17.0. The highest BCUT2D eigenvalue weighted by molar-refractivity contribution is 7.91. The molecule has 2 amide bonds. The number of sulfone groups is 1. The van der Waals surface area contributed by atoms with Gasteiger partial charge < -0.3 is 10.6 Å². The van der Waals surface area contributed by atoms with Crippen molar-refractivity contribution in [1.82, 2.24) is 20.4 Å². The van der Waals surface area contributed by atoms with Gasteiger partial charge in [-0.2, -0.15) is 5.10 Å². The number of hydrogen-bond acceptors (Lipinski definition) is 4. The molecule has 2 heterocycles. The topological polar surface area (TPSA) is 93.1 Å². The quantitative estimate of drug-likeness (QED) is 0.802. The molecule has 130 valence electrons. The number of amides is 2. The van der Waals surface area contributed by atoms with Gasteiger partial charge in [-0.05, 0) is 38.2 Å². The van der Waals surface area contributed by atoms with Gasteiger partial charge in [-0.25, -0.2) is 13.2 Å². The highest BCUT2D eigenvalue weighted by atomic mass is 32.2. The van der Waals surface area contributed by atoms with E-state index in [1.54, 1.807) is 0 Å². The van der Waals surface area contributed by atoms with Crippen molar-refractivity contribution in [3.8, 4) is 0 Å². The fraction of sp³-hybridized carbons (Fsp3) is 0.733. The van der Waals surface area contributed by atoms with Crippen LogP contribution in [0.4, 0.5) is 4.79 Å². The van der Waals surface area contributed by atoms with Gasteiger partial charge >= 0.3 is 6.03 Å². The predicted molar refractivity (Wildman–Crippen MR) is 89.0 cm³/mol. The number of carbonyl (C=O) groups excluding carboxylic acids is 1. The molecule has 0 radical (unpaired) electrons. The molecule has 1 aliphatic rings. The Bertz CT molecular complexity index is 654. The van der Waals surface area contributed by atoms with Crippen molar-refractivity contribution in [2.75, 3.05) is 24.6 Å². The van der Waals surface area contributed by atoms with Crippen LogP contribution in [0.5, 0.6) is 0 Å². The summed E-state index contributed by atoms with van der Waals surface area (Å²) in [6, 6.07) is 1.79. The first-order valence-electron chi connectivity index (χ1n) is 7.98. The molecule has 1 fully saturated rings. The maximum absolute atomic E-state index is 11.8. The van der Waals surface area contributed by atoms with Gasteiger partial charge in [-0.1, -0.05) is 6.92 Å². The van der Waals surface area contributed by atoms with Gasteiger partial charge in [0, 0.05) is 25.3 Å². The van der Waals surface area contributed by atoms with Crippen molar-refractivity contribution in [3.05, 3.63) is 17.5 Å². The smallest absolute Gasteiger partial charge is 0.314 e. The average molecular weight is 342 g/mol. The number of rotatable bonds is 6. The maximum atomic E-state index is 11.8. The van der Waals surface area contributed by atoms with Crippen LogP contribution in [-0.2, 0) is 16.4 Å². The summed E-state index contributed by atoms with van der Waals surface area (Å²) >= 11 is 0. The summed E-state index contributed by atoms with van der Waals surface area (Å²) in [5.41, 5.74) is 2.10. The minimum absolute atomic E-state index is 0.0397. The number of nitrogens with one attached hydrogen (secondary N) is 2. The van der Waals surface area contributed by atoms with Crippen molar-refractivity contribution < 1.29 is 13.2 Å². The van der Waals surface area contributed by atoms with E-state index in [9.17, 15) is 13.2 Å². The van der Waals surface area contributed by atoms with Crippen LogP contribution in [0, 0.1) is 25.7 Å². The number of carbonyl (C=O) groups is 1. The lowest BCUT2D eigenvalue weighted by Gasteiger charge is -2.15.